The molecule has 0 spiro atoms. The maximum Gasteiger partial charge on any atom is 0.179 e. The SMILES string of the molecule is CC(C)N1CCCC(c2cn3cccc(O)c3n2)C1. The van der Waals surface area contributed by atoms with Crippen LogP contribution >= 0.6 is 0 Å². The maximum absolute atomic E-state index is 9.83. The second kappa shape index (κ2) is 4.85. The molecule has 1 fully saturated rings. The van der Waals surface area contributed by atoms with E-state index in [4.69, 9.17) is 0 Å². The van der Waals surface area contributed by atoms with Gasteiger partial charge in [0.25, 0.3) is 0 Å². The van der Waals surface area contributed by atoms with Gasteiger partial charge in [0.1, 0.15) is 0 Å². The molecule has 0 aromatic carbocycles. The Hall–Kier alpha value is -1.55. The summed E-state index contributed by atoms with van der Waals surface area (Å²) in [5.74, 6) is 0.737. The minimum atomic E-state index is 0.255. The first-order chi connectivity index (χ1) is 9.15. The van der Waals surface area contributed by atoms with Gasteiger partial charge in [-0.05, 0) is 45.4 Å². The summed E-state index contributed by atoms with van der Waals surface area (Å²) in [6.45, 7) is 6.75. The zero-order chi connectivity index (χ0) is 13.4. The lowest BCUT2D eigenvalue weighted by molar-refractivity contribution is 0.166. The van der Waals surface area contributed by atoms with Gasteiger partial charge in [-0.25, -0.2) is 4.98 Å². The lowest BCUT2D eigenvalue weighted by Gasteiger charge is -2.34. The van der Waals surface area contributed by atoms with E-state index in [9.17, 15) is 5.11 Å². The van der Waals surface area contributed by atoms with Crippen molar-refractivity contribution in [2.75, 3.05) is 13.1 Å². The van der Waals surface area contributed by atoms with Crippen molar-refractivity contribution in [1.82, 2.24) is 14.3 Å². The number of fused-ring (bicyclic) bond motifs is 1. The Morgan fingerprint density at radius 2 is 2.26 bits per heavy atom. The van der Waals surface area contributed by atoms with Gasteiger partial charge in [0.15, 0.2) is 11.4 Å². The van der Waals surface area contributed by atoms with Crippen LogP contribution in [0, 0.1) is 0 Å². The van der Waals surface area contributed by atoms with Crippen molar-refractivity contribution < 1.29 is 5.11 Å². The zero-order valence-corrected chi connectivity index (χ0v) is 11.6. The molecule has 4 heteroatoms. The first-order valence-corrected chi connectivity index (χ1v) is 7.06. The Balaban J connectivity index is 1.89. The molecule has 1 unspecified atom stereocenters. The predicted molar refractivity (Wildman–Crippen MR) is 75.5 cm³/mol. The maximum atomic E-state index is 9.83. The number of pyridine rings is 1. The van der Waals surface area contributed by atoms with Crippen molar-refractivity contribution in [1.29, 1.82) is 0 Å². The third-order valence-electron chi connectivity index (χ3n) is 4.08. The second-order valence-corrected chi connectivity index (χ2v) is 5.72. The summed E-state index contributed by atoms with van der Waals surface area (Å²) in [6, 6.07) is 4.12. The Bertz CT molecular complexity index is 576. The van der Waals surface area contributed by atoms with Gasteiger partial charge >= 0.3 is 0 Å². The number of rotatable bonds is 2. The van der Waals surface area contributed by atoms with Crippen LogP contribution in [-0.4, -0.2) is 38.5 Å². The normalized spacial score (nSPS) is 21.3. The highest BCUT2D eigenvalue weighted by Gasteiger charge is 2.24. The molecule has 0 bridgehead atoms. The number of aromatic hydroxyl groups is 1. The number of hydrogen-bond acceptors (Lipinski definition) is 3. The van der Waals surface area contributed by atoms with E-state index in [0.717, 1.165) is 12.2 Å². The molecule has 4 nitrogen and oxygen atoms in total. The number of aromatic nitrogens is 2. The fourth-order valence-corrected chi connectivity index (χ4v) is 2.93. The fraction of sp³-hybridized carbons (Fsp3) is 0.533. The number of likely N-dealkylation sites (tertiary alicyclic amines) is 1. The van der Waals surface area contributed by atoms with Gasteiger partial charge in [0.05, 0.1) is 5.69 Å². The summed E-state index contributed by atoms with van der Waals surface area (Å²) in [4.78, 5) is 7.13. The fourth-order valence-electron chi connectivity index (χ4n) is 2.93. The molecule has 102 valence electrons. The summed E-state index contributed by atoms with van der Waals surface area (Å²) < 4.78 is 1.92. The van der Waals surface area contributed by atoms with E-state index < -0.39 is 0 Å². The van der Waals surface area contributed by atoms with Crippen LogP contribution in [0.5, 0.6) is 5.75 Å². The first-order valence-electron chi connectivity index (χ1n) is 7.06. The van der Waals surface area contributed by atoms with Crippen molar-refractivity contribution in [2.24, 2.45) is 0 Å². The highest BCUT2D eigenvalue weighted by molar-refractivity contribution is 5.53. The molecule has 19 heavy (non-hydrogen) atoms. The highest BCUT2D eigenvalue weighted by Crippen LogP contribution is 2.28. The van der Waals surface area contributed by atoms with Crippen molar-refractivity contribution >= 4 is 5.65 Å². The first kappa shape index (κ1) is 12.5. The number of piperidine rings is 1. The molecule has 3 heterocycles. The van der Waals surface area contributed by atoms with E-state index in [1.807, 2.05) is 16.7 Å². The predicted octanol–water partition coefficient (Wildman–Crippen LogP) is 2.63. The quantitative estimate of drug-likeness (QED) is 0.901. The molecule has 1 atom stereocenters. The molecule has 3 rings (SSSR count). The Morgan fingerprint density at radius 1 is 1.42 bits per heavy atom. The average molecular weight is 259 g/mol. The van der Waals surface area contributed by atoms with Crippen molar-refractivity contribution in [3.63, 3.8) is 0 Å². The third kappa shape index (κ3) is 2.32. The lowest BCUT2D eigenvalue weighted by Crippen LogP contribution is -2.39. The van der Waals surface area contributed by atoms with E-state index in [1.54, 1.807) is 6.07 Å². The Morgan fingerprint density at radius 3 is 3.00 bits per heavy atom. The molecule has 2 aromatic heterocycles. The minimum Gasteiger partial charge on any atom is -0.504 e. The van der Waals surface area contributed by atoms with Gasteiger partial charge in [-0.3, -0.25) is 0 Å². The summed E-state index contributed by atoms with van der Waals surface area (Å²) in [5, 5.41) is 9.83. The van der Waals surface area contributed by atoms with Gasteiger partial charge in [0.2, 0.25) is 0 Å². The molecule has 1 aliphatic heterocycles. The van der Waals surface area contributed by atoms with E-state index in [2.05, 4.69) is 29.9 Å². The molecular formula is C15H21N3O. The summed E-state index contributed by atoms with van der Waals surface area (Å²) in [6.07, 6.45) is 6.41. The van der Waals surface area contributed by atoms with Crippen molar-refractivity contribution in [3.8, 4) is 5.75 Å². The summed E-state index contributed by atoms with van der Waals surface area (Å²) in [7, 11) is 0. The number of nitrogens with zero attached hydrogens (tertiary/aromatic N) is 3. The van der Waals surface area contributed by atoms with Crippen LogP contribution in [0.15, 0.2) is 24.5 Å². The molecule has 1 aliphatic rings. The molecule has 1 saturated heterocycles. The van der Waals surface area contributed by atoms with E-state index >= 15 is 0 Å². The lowest BCUT2D eigenvalue weighted by atomic mass is 9.94. The third-order valence-corrected chi connectivity index (χ3v) is 4.08. The summed E-state index contributed by atoms with van der Waals surface area (Å²) >= 11 is 0. The zero-order valence-electron chi connectivity index (χ0n) is 11.6. The highest BCUT2D eigenvalue weighted by atomic mass is 16.3. The molecule has 0 saturated carbocycles. The monoisotopic (exact) mass is 259 g/mol. The van der Waals surface area contributed by atoms with Gasteiger partial charge in [-0.2, -0.15) is 0 Å². The van der Waals surface area contributed by atoms with Crippen LogP contribution in [-0.2, 0) is 0 Å². The minimum absolute atomic E-state index is 0.255. The van der Waals surface area contributed by atoms with E-state index in [-0.39, 0.29) is 5.75 Å². The molecule has 1 N–H and O–H groups in total. The van der Waals surface area contributed by atoms with Gasteiger partial charge in [-0.1, -0.05) is 0 Å². The molecule has 0 radical (unpaired) electrons. The average Bonchev–Trinajstić information content (AvgIpc) is 2.84. The van der Waals surface area contributed by atoms with Gasteiger partial charge in [-0.15, -0.1) is 0 Å². The molecule has 0 amide bonds. The Labute approximate surface area is 113 Å². The van der Waals surface area contributed by atoms with Crippen LogP contribution in [0.4, 0.5) is 0 Å². The summed E-state index contributed by atoms with van der Waals surface area (Å²) in [5.41, 5.74) is 1.77. The largest absolute Gasteiger partial charge is 0.504 e. The number of imidazole rings is 1. The van der Waals surface area contributed by atoms with E-state index in [0.29, 0.717) is 17.6 Å². The molecule has 0 aliphatic carbocycles. The van der Waals surface area contributed by atoms with Crippen LogP contribution < -0.4 is 0 Å². The van der Waals surface area contributed by atoms with Crippen LogP contribution in [0.1, 0.15) is 38.3 Å². The standard InChI is InChI=1S/C15H21N3O/c1-11(2)17-7-3-5-12(9-17)13-10-18-8-4-6-14(19)15(18)16-13/h4,6,8,10-12,19H,3,5,7,9H2,1-2H3. The Kier molecular flexibility index (Phi) is 3.19. The number of hydrogen-bond donors (Lipinski definition) is 1. The topological polar surface area (TPSA) is 40.8 Å². The van der Waals surface area contributed by atoms with Crippen molar-refractivity contribution in [3.05, 3.63) is 30.2 Å². The van der Waals surface area contributed by atoms with Crippen LogP contribution in [0.25, 0.3) is 5.65 Å². The van der Waals surface area contributed by atoms with Crippen LogP contribution in [0.3, 0.4) is 0 Å². The van der Waals surface area contributed by atoms with E-state index in [1.165, 1.54) is 19.4 Å². The smallest absolute Gasteiger partial charge is 0.179 e. The van der Waals surface area contributed by atoms with Gasteiger partial charge in [0, 0.05) is 30.9 Å². The molecular weight excluding hydrogens is 238 g/mol. The van der Waals surface area contributed by atoms with Gasteiger partial charge < -0.3 is 14.4 Å². The van der Waals surface area contributed by atoms with Crippen molar-refractivity contribution in [2.45, 2.75) is 38.6 Å². The molecule has 2 aromatic rings. The van der Waals surface area contributed by atoms with Crippen LogP contribution in [0.2, 0.25) is 0 Å². The second-order valence-electron chi connectivity index (χ2n) is 5.72.